The highest BCUT2D eigenvalue weighted by molar-refractivity contribution is 6.42. The van der Waals surface area contributed by atoms with Crippen LogP contribution in [0.4, 0.5) is 0 Å². The van der Waals surface area contributed by atoms with Crippen LogP contribution in [-0.2, 0) is 16.1 Å². The molecule has 0 radical (unpaired) electrons. The topological polar surface area (TPSA) is 64.4 Å². The quantitative estimate of drug-likeness (QED) is 0.744. The molecule has 94 valence electrons. The van der Waals surface area contributed by atoms with Gasteiger partial charge in [-0.2, -0.15) is 0 Å². The molecule has 0 bridgehead atoms. The molecule has 4 nitrogen and oxygen atoms in total. The Bertz CT molecular complexity index is 386. The molecule has 0 fully saturated rings. The summed E-state index contributed by atoms with van der Waals surface area (Å²) in [6.45, 7) is 1.68. The summed E-state index contributed by atoms with van der Waals surface area (Å²) >= 11 is 11.7. The van der Waals surface area contributed by atoms with E-state index in [0.29, 0.717) is 29.7 Å². The lowest BCUT2D eigenvalue weighted by Crippen LogP contribution is -2.23. The molecule has 1 aromatic carbocycles. The lowest BCUT2D eigenvalue weighted by atomic mass is 10.2. The zero-order chi connectivity index (χ0) is 12.7. The molecule has 0 aliphatic heterocycles. The second kappa shape index (κ2) is 7.50. The van der Waals surface area contributed by atoms with Gasteiger partial charge in [-0.1, -0.05) is 29.3 Å². The number of hydrogen-bond donors (Lipinski definition) is 2. The van der Waals surface area contributed by atoms with Crippen molar-refractivity contribution in [2.75, 3.05) is 19.8 Å². The third kappa shape index (κ3) is 5.89. The molecule has 0 saturated carbocycles. The molecule has 17 heavy (non-hydrogen) atoms. The number of benzene rings is 1. The first-order chi connectivity index (χ1) is 8.09. The van der Waals surface area contributed by atoms with Gasteiger partial charge in [-0.15, -0.1) is 0 Å². The normalized spacial score (nSPS) is 10.5. The zero-order valence-corrected chi connectivity index (χ0v) is 10.7. The van der Waals surface area contributed by atoms with E-state index in [0.717, 1.165) is 5.56 Å². The number of primary amides is 1. The maximum absolute atomic E-state index is 10.4. The molecule has 0 aliphatic carbocycles. The van der Waals surface area contributed by atoms with Gasteiger partial charge in [-0.25, -0.2) is 0 Å². The minimum absolute atomic E-state index is 0.0472. The SMILES string of the molecule is NC(=O)COCCNCc1ccc(Cl)c(Cl)c1. The molecule has 0 spiro atoms. The Morgan fingerprint density at radius 2 is 2.12 bits per heavy atom. The molecule has 0 aliphatic rings. The fraction of sp³-hybridized carbons (Fsp3) is 0.364. The molecular weight excluding hydrogens is 263 g/mol. The number of halogens is 2. The predicted molar refractivity (Wildman–Crippen MR) is 68.2 cm³/mol. The van der Waals surface area contributed by atoms with Crippen molar-refractivity contribution < 1.29 is 9.53 Å². The summed E-state index contributed by atoms with van der Waals surface area (Å²) in [7, 11) is 0. The van der Waals surface area contributed by atoms with E-state index >= 15 is 0 Å². The molecular formula is C11H14Cl2N2O2. The van der Waals surface area contributed by atoms with Gasteiger partial charge in [0.2, 0.25) is 5.91 Å². The van der Waals surface area contributed by atoms with Crippen LogP contribution in [0.1, 0.15) is 5.56 Å². The van der Waals surface area contributed by atoms with Gasteiger partial charge >= 0.3 is 0 Å². The van der Waals surface area contributed by atoms with E-state index in [-0.39, 0.29) is 6.61 Å². The minimum atomic E-state index is -0.463. The number of rotatable bonds is 7. The second-order valence-corrected chi connectivity index (χ2v) is 4.26. The maximum atomic E-state index is 10.4. The van der Waals surface area contributed by atoms with Crippen LogP contribution in [0, 0.1) is 0 Å². The van der Waals surface area contributed by atoms with Crippen LogP contribution in [0.3, 0.4) is 0 Å². The molecule has 0 atom stereocenters. The average molecular weight is 277 g/mol. The van der Waals surface area contributed by atoms with Gasteiger partial charge in [-0.05, 0) is 17.7 Å². The third-order valence-electron chi connectivity index (χ3n) is 1.98. The number of carbonyl (C=O) groups excluding carboxylic acids is 1. The fourth-order valence-corrected chi connectivity index (χ4v) is 1.52. The summed E-state index contributed by atoms with van der Waals surface area (Å²) < 4.78 is 4.99. The number of nitrogens with two attached hydrogens (primary N) is 1. The lowest BCUT2D eigenvalue weighted by molar-refractivity contribution is -0.122. The van der Waals surface area contributed by atoms with Gasteiger partial charge in [0.15, 0.2) is 0 Å². The first kappa shape index (κ1) is 14.3. The second-order valence-electron chi connectivity index (χ2n) is 3.44. The Balaban J connectivity index is 2.18. The molecule has 0 saturated heterocycles. The first-order valence-electron chi connectivity index (χ1n) is 5.10. The van der Waals surface area contributed by atoms with Crippen molar-refractivity contribution in [3.8, 4) is 0 Å². The standard InChI is InChI=1S/C11H14Cl2N2O2/c12-9-2-1-8(5-10(9)13)6-15-3-4-17-7-11(14)16/h1-2,5,15H,3-4,6-7H2,(H2,14,16). The van der Waals surface area contributed by atoms with E-state index in [1.807, 2.05) is 6.07 Å². The molecule has 0 aromatic heterocycles. The van der Waals surface area contributed by atoms with Crippen LogP contribution in [0.25, 0.3) is 0 Å². The van der Waals surface area contributed by atoms with Gasteiger partial charge in [0.1, 0.15) is 6.61 Å². The van der Waals surface area contributed by atoms with Crippen LogP contribution in [0.2, 0.25) is 10.0 Å². The van der Waals surface area contributed by atoms with Crippen molar-refractivity contribution >= 4 is 29.1 Å². The fourth-order valence-electron chi connectivity index (χ4n) is 1.20. The molecule has 1 rings (SSSR count). The van der Waals surface area contributed by atoms with Gasteiger partial charge in [0.05, 0.1) is 16.7 Å². The van der Waals surface area contributed by atoms with Crippen LogP contribution >= 0.6 is 23.2 Å². The maximum Gasteiger partial charge on any atom is 0.243 e. The Labute approximate surface area is 110 Å². The number of ether oxygens (including phenoxy) is 1. The lowest BCUT2D eigenvalue weighted by Gasteiger charge is -2.06. The monoisotopic (exact) mass is 276 g/mol. The average Bonchev–Trinajstić information content (AvgIpc) is 2.27. The highest BCUT2D eigenvalue weighted by Gasteiger charge is 1.99. The Morgan fingerprint density at radius 1 is 1.35 bits per heavy atom. The summed E-state index contributed by atoms with van der Waals surface area (Å²) in [4.78, 5) is 10.4. The number of amides is 1. The first-order valence-corrected chi connectivity index (χ1v) is 5.86. The number of hydrogen-bond acceptors (Lipinski definition) is 3. The summed E-state index contributed by atoms with van der Waals surface area (Å²) in [5.74, 6) is -0.463. The predicted octanol–water partition coefficient (Wildman–Crippen LogP) is 1.58. The van der Waals surface area contributed by atoms with Crippen LogP contribution in [0.5, 0.6) is 0 Å². The van der Waals surface area contributed by atoms with Gasteiger partial charge in [0.25, 0.3) is 0 Å². The van der Waals surface area contributed by atoms with Crippen molar-refractivity contribution in [1.29, 1.82) is 0 Å². The number of nitrogens with one attached hydrogen (secondary N) is 1. The van der Waals surface area contributed by atoms with Gasteiger partial charge in [-0.3, -0.25) is 4.79 Å². The highest BCUT2D eigenvalue weighted by Crippen LogP contribution is 2.22. The minimum Gasteiger partial charge on any atom is -0.370 e. The smallest absolute Gasteiger partial charge is 0.243 e. The van der Waals surface area contributed by atoms with Crippen molar-refractivity contribution in [1.82, 2.24) is 5.32 Å². The summed E-state index contributed by atoms with van der Waals surface area (Å²) in [5, 5.41) is 4.22. The summed E-state index contributed by atoms with van der Waals surface area (Å²) in [6.07, 6.45) is 0. The van der Waals surface area contributed by atoms with Crippen LogP contribution in [0.15, 0.2) is 18.2 Å². The Kier molecular flexibility index (Phi) is 6.29. The van der Waals surface area contributed by atoms with E-state index in [9.17, 15) is 4.79 Å². The molecule has 0 heterocycles. The largest absolute Gasteiger partial charge is 0.370 e. The van der Waals surface area contributed by atoms with Crippen molar-refractivity contribution in [2.45, 2.75) is 6.54 Å². The summed E-state index contributed by atoms with van der Waals surface area (Å²) in [6, 6.07) is 5.46. The molecule has 3 N–H and O–H groups in total. The van der Waals surface area contributed by atoms with Gasteiger partial charge < -0.3 is 15.8 Å². The van der Waals surface area contributed by atoms with E-state index in [4.69, 9.17) is 33.7 Å². The van der Waals surface area contributed by atoms with Crippen molar-refractivity contribution in [3.63, 3.8) is 0 Å². The molecule has 0 unspecified atom stereocenters. The Morgan fingerprint density at radius 3 is 2.76 bits per heavy atom. The van der Waals surface area contributed by atoms with Crippen molar-refractivity contribution in [2.24, 2.45) is 5.73 Å². The van der Waals surface area contributed by atoms with Crippen LogP contribution < -0.4 is 11.1 Å². The van der Waals surface area contributed by atoms with E-state index in [2.05, 4.69) is 5.32 Å². The summed E-state index contributed by atoms with van der Waals surface area (Å²) in [5.41, 5.74) is 5.95. The molecule has 1 amide bonds. The van der Waals surface area contributed by atoms with E-state index < -0.39 is 5.91 Å². The third-order valence-corrected chi connectivity index (χ3v) is 2.72. The Hall–Kier alpha value is -0.810. The molecule has 6 heteroatoms. The van der Waals surface area contributed by atoms with Crippen LogP contribution in [-0.4, -0.2) is 25.7 Å². The van der Waals surface area contributed by atoms with E-state index in [1.165, 1.54) is 0 Å². The molecule has 1 aromatic rings. The zero-order valence-electron chi connectivity index (χ0n) is 9.21. The van der Waals surface area contributed by atoms with Gasteiger partial charge in [0, 0.05) is 13.1 Å². The number of carbonyl (C=O) groups is 1. The highest BCUT2D eigenvalue weighted by atomic mass is 35.5. The van der Waals surface area contributed by atoms with Crippen molar-refractivity contribution in [3.05, 3.63) is 33.8 Å². The van der Waals surface area contributed by atoms with E-state index in [1.54, 1.807) is 12.1 Å².